The lowest BCUT2D eigenvalue weighted by atomic mass is 9.88. The van der Waals surface area contributed by atoms with Gasteiger partial charge in [0.2, 0.25) is 0 Å². The number of ether oxygens (including phenoxy) is 3. The average Bonchev–Trinajstić information content (AvgIpc) is 3.27. The number of carbonyl (C=O) groups is 4. The summed E-state index contributed by atoms with van der Waals surface area (Å²) in [5.41, 5.74) is -0.0759. The predicted octanol–water partition coefficient (Wildman–Crippen LogP) is 4.92. The minimum Gasteiger partial charge on any atom is -0.478 e. The molecule has 1 saturated heterocycles. The highest BCUT2D eigenvalue weighted by molar-refractivity contribution is 5.88. The molecule has 1 saturated carbocycles. The summed E-state index contributed by atoms with van der Waals surface area (Å²) in [6.07, 6.45) is 4.04. The number of aliphatic carboxylic acids is 1. The quantitative estimate of drug-likeness (QED) is 0.323. The van der Waals surface area contributed by atoms with Gasteiger partial charge in [-0.1, -0.05) is 33.6 Å². The highest BCUT2D eigenvalue weighted by Crippen LogP contribution is 2.39. The third kappa shape index (κ3) is 9.53. The first-order valence-corrected chi connectivity index (χ1v) is 11.3. The van der Waals surface area contributed by atoms with Gasteiger partial charge in [-0.25, -0.2) is 14.4 Å². The fourth-order valence-electron chi connectivity index (χ4n) is 3.25. The molecular formula is C26H40O8. The lowest BCUT2D eigenvalue weighted by Gasteiger charge is -2.33. The molecule has 1 aliphatic carbocycles. The molecule has 0 spiro atoms. The Morgan fingerprint density at radius 2 is 1.38 bits per heavy atom. The van der Waals surface area contributed by atoms with E-state index in [0.29, 0.717) is 17.1 Å². The normalized spacial score (nSPS) is 22.2. The number of carboxylic acids is 1. The standard InChI is InChI=1S/C12H20O2.C10H14O4.C4H6O2/c1-9(2)11(13)14-12(10(3)4)7-5-6-8-12;1-6(2)9(12)14-10(4)5-8(11)13-7(10)3;1-3(2)4(5)6/h10H,1,5-8H2,2-4H3;7H,1,5H2,2-4H3;1H2,2H3,(H,5,6). The molecular weight excluding hydrogens is 440 g/mol. The predicted molar refractivity (Wildman–Crippen MR) is 129 cm³/mol. The summed E-state index contributed by atoms with van der Waals surface area (Å²) in [7, 11) is 0. The minimum atomic E-state index is -0.935. The second kappa shape index (κ2) is 13.1. The molecule has 0 aromatic carbocycles. The van der Waals surface area contributed by atoms with Crippen LogP contribution < -0.4 is 0 Å². The summed E-state index contributed by atoms with van der Waals surface area (Å²) < 4.78 is 15.7. The summed E-state index contributed by atoms with van der Waals surface area (Å²) in [5.74, 6) is -1.60. The number of esters is 3. The highest BCUT2D eigenvalue weighted by Gasteiger charge is 2.46. The van der Waals surface area contributed by atoms with Crippen LogP contribution in [-0.4, -0.2) is 46.3 Å². The van der Waals surface area contributed by atoms with Gasteiger partial charge in [0.05, 0.1) is 6.42 Å². The van der Waals surface area contributed by atoms with E-state index in [9.17, 15) is 19.2 Å². The molecule has 0 bridgehead atoms. The van der Waals surface area contributed by atoms with E-state index in [-0.39, 0.29) is 29.5 Å². The molecule has 2 rings (SSSR count). The van der Waals surface area contributed by atoms with E-state index in [1.807, 2.05) is 0 Å². The van der Waals surface area contributed by atoms with E-state index in [0.717, 1.165) is 12.8 Å². The molecule has 34 heavy (non-hydrogen) atoms. The van der Waals surface area contributed by atoms with Crippen LogP contribution in [0.1, 0.15) is 80.6 Å². The van der Waals surface area contributed by atoms with E-state index >= 15 is 0 Å². The Morgan fingerprint density at radius 1 is 0.971 bits per heavy atom. The van der Waals surface area contributed by atoms with Crippen molar-refractivity contribution in [2.45, 2.75) is 97.9 Å². The number of carboxylic acid groups (broad SMARTS) is 1. The summed E-state index contributed by atoms with van der Waals surface area (Å²) in [5, 5.41) is 7.89. The van der Waals surface area contributed by atoms with Crippen molar-refractivity contribution in [2.75, 3.05) is 0 Å². The van der Waals surface area contributed by atoms with E-state index in [4.69, 9.17) is 19.3 Å². The van der Waals surface area contributed by atoms with Gasteiger partial charge in [-0.3, -0.25) is 4.79 Å². The van der Waals surface area contributed by atoms with Crippen LogP contribution in [0.4, 0.5) is 0 Å². The molecule has 1 heterocycles. The molecule has 8 nitrogen and oxygen atoms in total. The van der Waals surface area contributed by atoms with E-state index in [1.54, 1.807) is 27.7 Å². The molecule has 2 atom stereocenters. The van der Waals surface area contributed by atoms with Crippen LogP contribution in [0, 0.1) is 5.92 Å². The third-order valence-electron chi connectivity index (χ3n) is 5.85. The van der Waals surface area contributed by atoms with E-state index in [2.05, 4.69) is 33.6 Å². The van der Waals surface area contributed by atoms with Gasteiger partial charge < -0.3 is 19.3 Å². The Morgan fingerprint density at radius 3 is 1.68 bits per heavy atom. The second-order valence-electron chi connectivity index (χ2n) is 9.47. The molecule has 0 aromatic heterocycles. The molecule has 2 fully saturated rings. The number of carbonyl (C=O) groups excluding carboxylic acids is 3. The first-order valence-electron chi connectivity index (χ1n) is 11.3. The first-order chi connectivity index (χ1) is 15.5. The first kappa shape index (κ1) is 31.1. The van der Waals surface area contributed by atoms with Crippen molar-refractivity contribution in [1.82, 2.24) is 0 Å². The fourth-order valence-corrected chi connectivity index (χ4v) is 3.25. The van der Waals surface area contributed by atoms with Gasteiger partial charge >= 0.3 is 23.9 Å². The molecule has 2 aliphatic rings. The number of rotatable bonds is 6. The van der Waals surface area contributed by atoms with Crippen molar-refractivity contribution >= 4 is 23.9 Å². The Kier molecular flexibility index (Phi) is 12.0. The van der Waals surface area contributed by atoms with Crippen molar-refractivity contribution in [3.05, 3.63) is 36.5 Å². The zero-order valence-electron chi connectivity index (χ0n) is 21.6. The van der Waals surface area contributed by atoms with Crippen LogP contribution in [0.15, 0.2) is 36.5 Å². The van der Waals surface area contributed by atoms with E-state index < -0.39 is 23.6 Å². The number of hydrogen-bond acceptors (Lipinski definition) is 7. The van der Waals surface area contributed by atoms with Gasteiger partial charge in [-0.15, -0.1) is 0 Å². The Labute approximate surface area is 203 Å². The lowest BCUT2D eigenvalue weighted by Crippen LogP contribution is -2.38. The number of hydrogen-bond donors (Lipinski definition) is 1. The Bertz CT molecular complexity index is 805. The molecule has 1 aliphatic heterocycles. The SMILES string of the molecule is C=C(C)C(=O)O.C=C(C)C(=O)OC1(C(C)C)CCCC1.C=C(C)C(=O)OC1(C)CC(=O)OC1C. The van der Waals surface area contributed by atoms with Gasteiger partial charge in [-0.05, 0) is 66.2 Å². The third-order valence-corrected chi connectivity index (χ3v) is 5.85. The highest BCUT2D eigenvalue weighted by atomic mass is 16.6. The van der Waals surface area contributed by atoms with Crippen LogP contribution in [-0.2, 0) is 33.4 Å². The van der Waals surface area contributed by atoms with Crippen LogP contribution in [0.2, 0.25) is 0 Å². The van der Waals surface area contributed by atoms with Crippen molar-refractivity contribution in [2.24, 2.45) is 5.92 Å². The summed E-state index contributed by atoms with van der Waals surface area (Å²) in [6.45, 7) is 22.6. The topological polar surface area (TPSA) is 116 Å². The Balaban J connectivity index is 0.000000521. The lowest BCUT2D eigenvalue weighted by molar-refractivity contribution is -0.159. The van der Waals surface area contributed by atoms with Crippen LogP contribution in [0.25, 0.3) is 0 Å². The summed E-state index contributed by atoms with van der Waals surface area (Å²) >= 11 is 0. The molecule has 8 heteroatoms. The monoisotopic (exact) mass is 480 g/mol. The van der Waals surface area contributed by atoms with Crippen molar-refractivity contribution in [3.8, 4) is 0 Å². The van der Waals surface area contributed by atoms with Crippen molar-refractivity contribution in [1.29, 1.82) is 0 Å². The van der Waals surface area contributed by atoms with Crippen molar-refractivity contribution in [3.63, 3.8) is 0 Å². The van der Waals surface area contributed by atoms with Crippen LogP contribution in [0.3, 0.4) is 0 Å². The molecule has 192 valence electrons. The maximum absolute atomic E-state index is 11.5. The van der Waals surface area contributed by atoms with Gasteiger partial charge in [0.15, 0.2) is 5.60 Å². The van der Waals surface area contributed by atoms with E-state index in [1.165, 1.54) is 19.8 Å². The van der Waals surface area contributed by atoms with Crippen LogP contribution >= 0.6 is 0 Å². The maximum atomic E-state index is 11.5. The minimum absolute atomic E-state index is 0.104. The zero-order valence-corrected chi connectivity index (χ0v) is 21.6. The second-order valence-corrected chi connectivity index (χ2v) is 9.47. The van der Waals surface area contributed by atoms with Gasteiger partial charge in [0.1, 0.15) is 11.7 Å². The summed E-state index contributed by atoms with van der Waals surface area (Å²) in [6, 6.07) is 0. The van der Waals surface area contributed by atoms with Gasteiger partial charge in [-0.2, -0.15) is 0 Å². The van der Waals surface area contributed by atoms with Gasteiger partial charge in [0, 0.05) is 16.7 Å². The smallest absolute Gasteiger partial charge is 0.333 e. The van der Waals surface area contributed by atoms with Gasteiger partial charge in [0.25, 0.3) is 0 Å². The zero-order chi connectivity index (χ0) is 26.9. The fraction of sp³-hybridized carbons (Fsp3) is 0.615. The average molecular weight is 481 g/mol. The molecule has 0 aromatic rings. The summed E-state index contributed by atoms with van der Waals surface area (Å²) in [4.78, 5) is 43.3. The molecule has 1 N–H and O–H groups in total. The van der Waals surface area contributed by atoms with Crippen molar-refractivity contribution < 1.29 is 38.5 Å². The Hall–Kier alpha value is -2.90. The largest absolute Gasteiger partial charge is 0.478 e. The molecule has 2 unspecified atom stereocenters. The maximum Gasteiger partial charge on any atom is 0.333 e. The molecule has 0 radical (unpaired) electrons. The molecule has 0 amide bonds. The van der Waals surface area contributed by atoms with Crippen LogP contribution in [0.5, 0.6) is 0 Å². The number of cyclic esters (lactones) is 1.